The molecular weight excluding hydrogens is 390 g/mol. The van der Waals surface area contributed by atoms with Crippen LogP contribution in [-0.4, -0.2) is 27.7 Å². The van der Waals surface area contributed by atoms with Crippen molar-refractivity contribution in [1.82, 2.24) is 15.3 Å². The van der Waals surface area contributed by atoms with Crippen molar-refractivity contribution < 1.29 is 9.59 Å². The van der Waals surface area contributed by atoms with Gasteiger partial charge >= 0.3 is 0 Å². The first-order valence-corrected chi connectivity index (χ1v) is 10.7. The van der Waals surface area contributed by atoms with Crippen LogP contribution in [0.1, 0.15) is 39.5 Å². The maximum Gasteiger partial charge on any atom is 0.228 e. The summed E-state index contributed by atoms with van der Waals surface area (Å²) in [6, 6.07) is 9.35. The van der Waals surface area contributed by atoms with Crippen molar-refractivity contribution in [3.8, 4) is 11.3 Å². The van der Waals surface area contributed by atoms with Gasteiger partial charge < -0.3 is 16.0 Å². The fourth-order valence-corrected chi connectivity index (χ4v) is 3.50. The molecule has 0 spiro atoms. The number of anilines is 2. The predicted molar refractivity (Wildman–Crippen MR) is 121 cm³/mol. The van der Waals surface area contributed by atoms with E-state index in [0.29, 0.717) is 17.9 Å². The summed E-state index contributed by atoms with van der Waals surface area (Å²) in [5, 5.41) is 9.51. The van der Waals surface area contributed by atoms with Crippen LogP contribution in [0, 0.1) is 5.92 Å². The molecule has 31 heavy (non-hydrogen) atoms. The lowest BCUT2D eigenvalue weighted by molar-refractivity contribution is -0.120. The number of nitrogens with one attached hydrogen (secondary N) is 3. The molecule has 1 atom stereocenters. The summed E-state index contributed by atoms with van der Waals surface area (Å²) < 4.78 is 0. The van der Waals surface area contributed by atoms with Crippen molar-refractivity contribution in [2.45, 2.75) is 45.6 Å². The Balaban J connectivity index is 1.53. The van der Waals surface area contributed by atoms with Crippen molar-refractivity contribution in [3.05, 3.63) is 60.2 Å². The van der Waals surface area contributed by atoms with Gasteiger partial charge in [-0.1, -0.05) is 25.1 Å². The first-order valence-electron chi connectivity index (χ1n) is 10.7. The van der Waals surface area contributed by atoms with Gasteiger partial charge in [-0.3, -0.25) is 9.59 Å². The molecule has 4 rings (SSSR count). The van der Waals surface area contributed by atoms with Gasteiger partial charge in [0.25, 0.3) is 0 Å². The number of rotatable bonds is 8. The Morgan fingerprint density at radius 1 is 1.19 bits per heavy atom. The van der Waals surface area contributed by atoms with Gasteiger partial charge in [0, 0.05) is 35.9 Å². The van der Waals surface area contributed by atoms with Gasteiger partial charge in [0.05, 0.1) is 11.4 Å². The molecule has 3 N–H and O–H groups in total. The Hall–Kier alpha value is -3.48. The van der Waals surface area contributed by atoms with Crippen LogP contribution in [-0.2, 0) is 9.59 Å². The number of nitrogens with zero attached hydrogens (tertiary/aromatic N) is 2. The third-order valence-electron chi connectivity index (χ3n) is 5.43. The average Bonchev–Trinajstić information content (AvgIpc) is 3.61. The second-order valence-corrected chi connectivity index (χ2v) is 7.99. The molecule has 7 heteroatoms. The molecule has 160 valence electrons. The zero-order valence-corrected chi connectivity index (χ0v) is 17.8. The fraction of sp³-hybridized carbons (Fsp3) is 0.333. The molecule has 0 radical (unpaired) electrons. The molecule has 2 aromatic rings. The van der Waals surface area contributed by atoms with Crippen molar-refractivity contribution in [1.29, 1.82) is 0 Å². The Labute approximate surface area is 182 Å². The second-order valence-electron chi connectivity index (χ2n) is 7.99. The normalized spacial score (nSPS) is 17.8. The van der Waals surface area contributed by atoms with Crippen LogP contribution >= 0.6 is 0 Å². The molecular formula is C24H27N5O2. The summed E-state index contributed by atoms with van der Waals surface area (Å²) in [6.07, 6.45) is 8.56. The lowest BCUT2D eigenvalue weighted by Gasteiger charge is -2.23. The van der Waals surface area contributed by atoms with Crippen LogP contribution in [0.4, 0.5) is 11.5 Å². The van der Waals surface area contributed by atoms with E-state index in [1.54, 1.807) is 6.07 Å². The smallest absolute Gasteiger partial charge is 0.228 e. The summed E-state index contributed by atoms with van der Waals surface area (Å²) in [7, 11) is 0. The highest BCUT2D eigenvalue weighted by atomic mass is 16.2. The van der Waals surface area contributed by atoms with Crippen molar-refractivity contribution in [3.63, 3.8) is 0 Å². The molecule has 2 heterocycles. The molecule has 1 unspecified atom stereocenters. The van der Waals surface area contributed by atoms with Gasteiger partial charge in [-0.05, 0) is 43.9 Å². The Bertz CT molecular complexity index is 1060. The molecule has 1 aromatic heterocycles. The van der Waals surface area contributed by atoms with E-state index in [1.165, 1.54) is 6.33 Å². The summed E-state index contributed by atoms with van der Waals surface area (Å²) in [4.78, 5) is 32.9. The lowest BCUT2D eigenvalue weighted by Crippen LogP contribution is -2.35. The Morgan fingerprint density at radius 3 is 2.74 bits per heavy atom. The molecule has 1 saturated carbocycles. The maximum absolute atomic E-state index is 12.2. The van der Waals surface area contributed by atoms with Gasteiger partial charge in [-0.15, -0.1) is 0 Å². The Kier molecular flexibility index (Phi) is 6.11. The van der Waals surface area contributed by atoms with Gasteiger partial charge in [0.15, 0.2) is 5.78 Å². The third-order valence-corrected chi connectivity index (χ3v) is 5.43. The first kappa shape index (κ1) is 20.8. The quantitative estimate of drug-likeness (QED) is 0.600. The zero-order valence-electron chi connectivity index (χ0n) is 17.8. The number of dihydropyridines is 1. The Morgan fingerprint density at radius 2 is 2.00 bits per heavy atom. The molecule has 1 fully saturated rings. The number of para-hydroxylation sites is 1. The minimum atomic E-state index is -0.278. The molecule has 1 aliphatic carbocycles. The highest BCUT2D eigenvalue weighted by Crippen LogP contribution is 2.32. The standard InChI is InChI=1S/C24H27N5O2/c1-3-6-22(30)20-11-15(2)21(13-25-20)28-18-8-5-4-7-17(18)19-12-23(27-14-26-19)29-24(31)16-9-10-16/h4-5,7-8,11-14,16,20,25,28H,3,6,9-10H2,1-2H3,(H,26,27,29,31). The van der Waals surface area contributed by atoms with Crippen molar-refractivity contribution >= 4 is 23.2 Å². The highest BCUT2D eigenvalue weighted by Gasteiger charge is 2.29. The van der Waals surface area contributed by atoms with Gasteiger partial charge in [0.2, 0.25) is 5.91 Å². The third kappa shape index (κ3) is 4.99. The van der Waals surface area contributed by atoms with Crippen molar-refractivity contribution in [2.75, 3.05) is 10.6 Å². The average molecular weight is 418 g/mol. The van der Waals surface area contributed by atoms with Crippen LogP contribution in [0.2, 0.25) is 0 Å². The molecule has 0 bridgehead atoms. The van der Waals surface area contributed by atoms with E-state index in [4.69, 9.17) is 0 Å². The minimum absolute atomic E-state index is 0.0161. The highest BCUT2D eigenvalue weighted by molar-refractivity contribution is 5.93. The number of benzene rings is 1. The maximum atomic E-state index is 12.2. The summed E-state index contributed by atoms with van der Waals surface area (Å²) >= 11 is 0. The number of Topliss-reactive ketones (excluding diaryl/α,β-unsaturated/α-hetero) is 1. The number of amides is 1. The minimum Gasteiger partial charge on any atom is -0.376 e. The lowest BCUT2D eigenvalue weighted by atomic mass is 10.0. The zero-order chi connectivity index (χ0) is 21.8. The molecule has 1 amide bonds. The molecule has 7 nitrogen and oxygen atoms in total. The summed E-state index contributed by atoms with van der Waals surface area (Å²) in [5.41, 5.74) is 4.38. The van der Waals surface area contributed by atoms with E-state index in [-0.39, 0.29) is 23.7 Å². The largest absolute Gasteiger partial charge is 0.376 e. The van der Waals surface area contributed by atoms with E-state index in [1.807, 2.05) is 50.4 Å². The van der Waals surface area contributed by atoms with Crippen LogP contribution in [0.3, 0.4) is 0 Å². The number of allylic oxidation sites excluding steroid dienone is 1. The molecule has 0 saturated heterocycles. The van der Waals surface area contributed by atoms with Crippen LogP contribution in [0.15, 0.2) is 60.2 Å². The summed E-state index contributed by atoms with van der Waals surface area (Å²) in [5.74, 6) is 0.825. The monoisotopic (exact) mass is 417 g/mol. The van der Waals surface area contributed by atoms with Gasteiger partial charge in [-0.25, -0.2) is 9.97 Å². The fourth-order valence-electron chi connectivity index (χ4n) is 3.50. The van der Waals surface area contributed by atoms with Crippen molar-refractivity contribution in [2.24, 2.45) is 5.92 Å². The van der Waals surface area contributed by atoms with Crippen LogP contribution in [0.25, 0.3) is 11.3 Å². The number of aromatic nitrogens is 2. The molecule has 1 aromatic carbocycles. The molecule has 2 aliphatic rings. The first-order chi connectivity index (χ1) is 15.0. The van der Waals surface area contributed by atoms with E-state index >= 15 is 0 Å². The SMILES string of the molecule is CCCC(=O)C1C=C(C)C(Nc2ccccc2-c2cc(NC(=O)C3CC3)ncn2)=CN1. The number of ketones is 1. The topological polar surface area (TPSA) is 96.0 Å². The van der Waals surface area contributed by atoms with Crippen LogP contribution in [0.5, 0.6) is 0 Å². The van der Waals surface area contributed by atoms with E-state index in [2.05, 4.69) is 25.9 Å². The van der Waals surface area contributed by atoms with Crippen LogP contribution < -0.4 is 16.0 Å². The number of carbonyl (C=O) groups excluding carboxylic acids is 2. The molecule has 1 aliphatic heterocycles. The second kappa shape index (κ2) is 9.12. The summed E-state index contributed by atoms with van der Waals surface area (Å²) in [6.45, 7) is 4.00. The van der Waals surface area contributed by atoms with Gasteiger partial charge in [-0.2, -0.15) is 0 Å². The number of carbonyl (C=O) groups is 2. The van der Waals surface area contributed by atoms with E-state index in [9.17, 15) is 9.59 Å². The number of hydrogen-bond acceptors (Lipinski definition) is 6. The predicted octanol–water partition coefficient (Wildman–Crippen LogP) is 4.03. The van der Waals surface area contributed by atoms with E-state index < -0.39 is 0 Å². The van der Waals surface area contributed by atoms with Gasteiger partial charge in [0.1, 0.15) is 18.2 Å². The number of hydrogen-bond donors (Lipinski definition) is 3. The van der Waals surface area contributed by atoms with E-state index in [0.717, 1.165) is 41.8 Å².